The molecular formula is C33H54FN7O2. The lowest BCUT2D eigenvalue weighted by Gasteiger charge is -2.33. The molecule has 0 heterocycles. The molecule has 0 aliphatic heterocycles. The number of urea groups is 1. The van der Waals surface area contributed by atoms with Crippen LogP contribution in [-0.4, -0.2) is 56.9 Å². The van der Waals surface area contributed by atoms with Gasteiger partial charge in [0, 0.05) is 45.4 Å². The van der Waals surface area contributed by atoms with Gasteiger partial charge in [-0.05, 0) is 85.5 Å². The number of amides is 3. The van der Waals surface area contributed by atoms with E-state index in [9.17, 15) is 14.0 Å². The monoisotopic (exact) mass is 599 g/mol. The first kappa shape index (κ1) is 37.5. The fourth-order valence-corrected chi connectivity index (χ4v) is 5.34. The van der Waals surface area contributed by atoms with E-state index in [1.54, 1.807) is 32.3 Å². The van der Waals surface area contributed by atoms with Crippen molar-refractivity contribution >= 4 is 23.5 Å². The molecule has 240 valence electrons. The van der Waals surface area contributed by atoms with Crippen molar-refractivity contribution in [2.75, 3.05) is 39.5 Å². The zero-order chi connectivity index (χ0) is 32.4. The van der Waals surface area contributed by atoms with Crippen LogP contribution in [0.4, 0.5) is 14.9 Å². The van der Waals surface area contributed by atoms with Crippen LogP contribution in [-0.2, 0) is 17.6 Å². The number of nitrogens with two attached hydrogens (primary N) is 2. The Morgan fingerprint density at radius 2 is 1.67 bits per heavy atom. The van der Waals surface area contributed by atoms with E-state index in [1.807, 2.05) is 31.2 Å². The molecule has 3 amide bonds. The fourth-order valence-electron chi connectivity index (χ4n) is 5.34. The molecule has 7 N–H and O–H groups in total. The summed E-state index contributed by atoms with van der Waals surface area (Å²) >= 11 is 0. The molecule has 1 saturated carbocycles. The molecule has 0 saturated heterocycles. The van der Waals surface area contributed by atoms with E-state index in [1.165, 1.54) is 51.1 Å². The summed E-state index contributed by atoms with van der Waals surface area (Å²) in [5.41, 5.74) is 11.5. The van der Waals surface area contributed by atoms with Crippen LogP contribution in [0.15, 0.2) is 47.5 Å². The van der Waals surface area contributed by atoms with Gasteiger partial charge in [0.25, 0.3) is 0 Å². The maximum Gasteiger partial charge on any atom is 0.316 e. The van der Waals surface area contributed by atoms with Crippen LogP contribution in [0.1, 0.15) is 76.5 Å². The normalized spacial score (nSPS) is 13.7. The summed E-state index contributed by atoms with van der Waals surface area (Å²) in [6.45, 7) is 10.4. The molecule has 2 aromatic carbocycles. The van der Waals surface area contributed by atoms with Gasteiger partial charge in [0.15, 0.2) is 0 Å². The Balaban J connectivity index is 0.000000378. The number of carbonyl (C=O) groups excluding carboxylic acids is 2. The number of aryl methyl sites for hydroxylation is 1. The lowest BCUT2D eigenvalue weighted by atomic mass is 9.84. The van der Waals surface area contributed by atoms with Crippen molar-refractivity contribution in [2.24, 2.45) is 27.9 Å². The maximum absolute atomic E-state index is 13.0. The van der Waals surface area contributed by atoms with Crippen LogP contribution < -0.4 is 27.6 Å². The number of aliphatic imine (C=N–C) groups is 1. The Labute approximate surface area is 258 Å². The molecule has 0 spiro atoms. The predicted octanol–water partition coefficient (Wildman–Crippen LogP) is 5.24. The van der Waals surface area contributed by atoms with Crippen molar-refractivity contribution in [3.63, 3.8) is 0 Å². The fraction of sp³-hybridized carbons (Fsp3) is 0.545. The van der Waals surface area contributed by atoms with Gasteiger partial charge in [-0.3, -0.25) is 9.79 Å². The van der Waals surface area contributed by atoms with Gasteiger partial charge in [0.2, 0.25) is 5.91 Å². The third-order valence-electron chi connectivity index (χ3n) is 7.24. The van der Waals surface area contributed by atoms with E-state index in [-0.39, 0.29) is 17.1 Å². The number of nitrogens with one attached hydrogen (secondary N) is 3. The third kappa shape index (κ3) is 16.1. The predicted molar refractivity (Wildman–Crippen MR) is 177 cm³/mol. The number of halogens is 1. The molecule has 2 aromatic rings. The largest absolute Gasteiger partial charge is 0.359 e. The van der Waals surface area contributed by atoms with E-state index in [0.29, 0.717) is 11.5 Å². The Bertz CT molecular complexity index is 1150. The van der Waals surface area contributed by atoms with E-state index in [0.717, 1.165) is 36.4 Å². The lowest BCUT2D eigenvalue weighted by Crippen LogP contribution is -2.36. The summed E-state index contributed by atoms with van der Waals surface area (Å²) in [5.74, 6) is 6.67. The Kier molecular flexibility index (Phi) is 17.1. The smallest absolute Gasteiger partial charge is 0.316 e. The minimum Gasteiger partial charge on any atom is -0.359 e. The first-order chi connectivity index (χ1) is 20.3. The molecule has 0 radical (unpaired) electrons. The van der Waals surface area contributed by atoms with Gasteiger partial charge in [-0.2, -0.15) is 0 Å². The topological polar surface area (TPSA) is 138 Å². The number of rotatable bonds is 9. The van der Waals surface area contributed by atoms with Crippen molar-refractivity contribution in [1.82, 2.24) is 15.6 Å². The molecule has 9 nitrogen and oxygen atoms in total. The molecule has 1 aliphatic carbocycles. The van der Waals surface area contributed by atoms with Crippen LogP contribution in [0.25, 0.3) is 0 Å². The average molecular weight is 600 g/mol. The van der Waals surface area contributed by atoms with E-state index >= 15 is 0 Å². The van der Waals surface area contributed by atoms with E-state index in [2.05, 4.69) is 46.8 Å². The average Bonchev–Trinajstić information content (AvgIpc) is 2.95. The number of hydrogen-bond donors (Lipinski definition) is 5. The second-order valence-corrected chi connectivity index (χ2v) is 12.0. The molecule has 1 fully saturated rings. The standard InChI is InChI=1S/C19H30FN.C11H17N5O.C3H7NO/c1-19(2,13-16-9-11-18(20)12-10-16)15-21(3)14-17-7-5-4-6-8-17;1-3-7-4-8(10(14-2)16-13)6-9(5-7)15-11(12)17;1-3(5)4-2/h9-12,17H,4-8,13-15H2,1-3H3;4-6H,3,13H2,1-2H3,(H,14,16)(H3,12,15,17);1-2H3,(H,4,5). The second-order valence-electron chi connectivity index (χ2n) is 12.0. The SMILES string of the molecule is CCc1cc(NC(N)=O)cc(C(=NC)NN)c1.CN(CC1CCCCC1)CC(C)(C)Cc1ccc(F)cc1.CNC(C)=O. The van der Waals surface area contributed by atoms with Crippen molar-refractivity contribution in [2.45, 2.75) is 72.6 Å². The van der Waals surface area contributed by atoms with Crippen molar-refractivity contribution < 1.29 is 14.0 Å². The van der Waals surface area contributed by atoms with Crippen LogP contribution in [0.5, 0.6) is 0 Å². The number of carbonyl (C=O) groups is 2. The third-order valence-corrected chi connectivity index (χ3v) is 7.24. The zero-order valence-electron chi connectivity index (χ0n) is 27.2. The number of primary amides is 1. The van der Waals surface area contributed by atoms with Crippen molar-refractivity contribution in [3.8, 4) is 0 Å². The minimum absolute atomic E-state index is 0.00463. The highest BCUT2D eigenvalue weighted by Crippen LogP contribution is 2.27. The molecular weight excluding hydrogens is 545 g/mol. The summed E-state index contributed by atoms with van der Waals surface area (Å²) in [6.07, 6.45) is 8.90. The van der Waals surface area contributed by atoms with Crippen LogP contribution in [0.2, 0.25) is 0 Å². The number of benzene rings is 2. The molecule has 0 bridgehead atoms. The molecule has 0 unspecified atom stereocenters. The van der Waals surface area contributed by atoms with Crippen molar-refractivity contribution in [1.29, 1.82) is 0 Å². The van der Waals surface area contributed by atoms with Gasteiger partial charge in [-0.15, -0.1) is 0 Å². The van der Waals surface area contributed by atoms with Gasteiger partial charge in [0.1, 0.15) is 11.7 Å². The maximum atomic E-state index is 13.0. The van der Waals surface area contributed by atoms with E-state index < -0.39 is 6.03 Å². The number of hydrazine groups is 1. The molecule has 1 aliphatic rings. The van der Waals surface area contributed by atoms with Gasteiger partial charge < -0.3 is 26.7 Å². The second kappa shape index (κ2) is 19.6. The highest BCUT2D eigenvalue weighted by Gasteiger charge is 2.23. The molecule has 10 heteroatoms. The molecule has 43 heavy (non-hydrogen) atoms. The highest BCUT2D eigenvalue weighted by molar-refractivity contribution is 6.00. The van der Waals surface area contributed by atoms with Gasteiger partial charge in [-0.25, -0.2) is 15.0 Å². The van der Waals surface area contributed by atoms with Crippen LogP contribution >= 0.6 is 0 Å². The number of amidine groups is 1. The first-order valence-corrected chi connectivity index (χ1v) is 15.1. The van der Waals surface area contributed by atoms with E-state index in [4.69, 9.17) is 11.6 Å². The summed E-state index contributed by atoms with van der Waals surface area (Å²) in [5, 5.41) is 4.93. The quantitative estimate of drug-likeness (QED) is 0.116. The van der Waals surface area contributed by atoms with Crippen LogP contribution in [0, 0.1) is 17.2 Å². The highest BCUT2D eigenvalue weighted by atomic mass is 19.1. The van der Waals surface area contributed by atoms with Gasteiger partial charge in [-0.1, -0.05) is 52.2 Å². The molecule has 0 aromatic heterocycles. The molecule has 0 atom stereocenters. The first-order valence-electron chi connectivity index (χ1n) is 15.1. The number of hydrogen-bond acceptors (Lipinski definition) is 5. The van der Waals surface area contributed by atoms with Gasteiger partial charge >= 0.3 is 6.03 Å². The number of anilines is 1. The summed E-state index contributed by atoms with van der Waals surface area (Å²) < 4.78 is 13.0. The Morgan fingerprint density at radius 3 is 2.16 bits per heavy atom. The minimum atomic E-state index is -0.597. The van der Waals surface area contributed by atoms with Gasteiger partial charge in [0.05, 0.1) is 0 Å². The zero-order valence-corrected chi connectivity index (χ0v) is 27.2. The Hall–Kier alpha value is -3.50. The number of nitrogens with zero attached hydrogens (tertiary/aromatic N) is 2. The summed E-state index contributed by atoms with van der Waals surface area (Å²) in [7, 11) is 5.48. The molecule has 3 rings (SSSR count). The summed E-state index contributed by atoms with van der Waals surface area (Å²) in [6, 6.07) is 11.9. The lowest BCUT2D eigenvalue weighted by molar-refractivity contribution is -0.118. The summed E-state index contributed by atoms with van der Waals surface area (Å²) in [4.78, 5) is 27.0. The van der Waals surface area contributed by atoms with Crippen molar-refractivity contribution in [3.05, 3.63) is 65.0 Å². The Morgan fingerprint density at radius 1 is 1.07 bits per heavy atom. The van der Waals surface area contributed by atoms with Crippen LogP contribution in [0.3, 0.4) is 0 Å².